The maximum Gasteiger partial charge on any atom is 0.264 e. The molecule has 0 radical (unpaired) electrons. The summed E-state index contributed by atoms with van der Waals surface area (Å²) < 4.78 is 5.34. The van der Waals surface area contributed by atoms with Crippen LogP contribution in [-0.4, -0.2) is 31.9 Å². The molecule has 1 aromatic rings. The Labute approximate surface area is 111 Å². The van der Waals surface area contributed by atoms with Gasteiger partial charge in [-0.1, -0.05) is 0 Å². The second-order valence-electron chi connectivity index (χ2n) is 5.24. The lowest BCUT2D eigenvalue weighted by Crippen LogP contribution is -2.35. The summed E-state index contributed by atoms with van der Waals surface area (Å²) in [7, 11) is 1.69. The van der Waals surface area contributed by atoms with E-state index in [1.54, 1.807) is 25.2 Å². The van der Waals surface area contributed by atoms with E-state index in [2.05, 4.69) is 0 Å². The van der Waals surface area contributed by atoms with Crippen molar-refractivity contribution in [3.05, 3.63) is 23.8 Å². The van der Waals surface area contributed by atoms with E-state index in [-0.39, 0.29) is 23.7 Å². The Kier molecular flexibility index (Phi) is 2.60. The van der Waals surface area contributed by atoms with Crippen molar-refractivity contribution in [2.24, 2.45) is 11.1 Å². The zero-order valence-corrected chi connectivity index (χ0v) is 10.8. The van der Waals surface area contributed by atoms with Gasteiger partial charge in [0.2, 0.25) is 0 Å². The van der Waals surface area contributed by atoms with Crippen molar-refractivity contribution in [3.63, 3.8) is 0 Å². The van der Waals surface area contributed by atoms with Crippen LogP contribution in [-0.2, 0) is 4.79 Å². The highest BCUT2D eigenvalue weighted by Crippen LogP contribution is 2.47. The number of Topliss-reactive ketones (excluding diaryl/α,β-unsaturated/α-hetero) is 1. The molecule has 100 valence electrons. The van der Waals surface area contributed by atoms with Crippen molar-refractivity contribution in [2.75, 3.05) is 25.1 Å². The number of amides is 1. The van der Waals surface area contributed by atoms with Gasteiger partial charge in [-0.3, -0.25) is 9.59 Å². The van der Waals surface area contributed by atoms with Gasteiger partial charge in [-0.25, -0.2) is 0 Å². The number of anilines is 1. The highest BCUT2D eigenvalue weighted by Gasteiger charge is 2.48. The number of likely N-dealkylation sites (N-methyl/N-ethyl adjacent to an activating group) is 1. The van der Waals surface area contributed by atoms with Gasteiger partial charge in [0.15, 0.2) is 12.4 Å². The predicted molar refractivity (Wildman–Crippen MR) is 70.4 cm³/mol. The zero-order valence-electron chi connectivity index (χ0n) is 10.8. The largest absolute Gasteiger partial charge is 0.482 e. The van der Waals surface area contributed by atoms with Gasteiger partial charge in [0, 0.05) is 24.6 Å². The van der Waals surface area contributed by atoms with E-state index in [1.807, 2.05) is 0 Å². The number of nitrogens with zero attached hydrogens (tertiary/aromatic N) is 1. The molecule has 0 unspecified atom stereocenters. The van der Waals surface area contributed by atoms with Crippen molar-refractivity contribution in [2.45, 2.75) is 12.8 Å². The summed E-state index contributed by atoms with van der Waals surface area (Å²) in [5.41, 5.74) is 6.57. The van der Waals surface area contributed by atoms with E-state index in [0.717, 1.165) is 12.8 Å². The minimum Gasteiger partial charge on any atom is -0.482 e. The summed E-state index contributed by atoms with van der Waals surface area (Å²) in [6.07, 6.45) is 1.70. The summed E-state index contributed by atoms with van der Waals surface area (Å²) >= 11 is 0. The lowest BCUT2D eigenvalue weighted by Gasteiger charge is -2.26. The number of nitrogens with two attached hydrogens (primary N) is 1. The molecule has 2 aliphatic rings. The lowest BCUT2D eigenvalue weighted by atomic mass is 9.94. The average molecular weight is 260 g/mol. The molecule has 0 aromatic heterocycles. The molecule has 5 nitrogen and oxygen atoms in total. The number of rotatable bonds is 3. The lowest BCUT2D eigenvalue weighted by molar-refractivity contribution is -0.120. The number of carbonyl (C=O) groups excluding carboxylic acids is 2. The van der Waals surface area contributed by atoms with E-state index in [1.165, 1.54) is 4.90 Å². The summed E-state index contributed by atoms with van der Waals surface area (Å²) in [4.78, 5) is 25.5. The molecule has 5 heteroatoms. The molecular formula is C14H16N2O3. The van der Waals surface area contributed by atoms with Crippen molar-refractivity contribution in [1.82, 2.24) is 0 Å². The van der Waals surface area contributed by atoms with Crippen molar-refractivity contribution >= 4 is 17.4 Å². The quantitative estimate of drug-likeness (QED) is 0.822. The Morgan fingerprint density at radius 2 is 2.21 bits per heavy atom. The van der Waals surface area contributed by atoms with E-state index >= 15 is 0 Å². The fourth-order valence-corrected chi connectivity index (χ4v) is 2.39. The first kappa shape index (κ1) is 12.2. The number of fused-ring (bicyclic) bond motifs is 1. The van der Waals surface area contributed by atoms with Crippen molar-refractivity contribution in [3.8, 4) is 5.75 Å². The van der Waals surface area contributed by atoms with Gasteiger partial charge in [-0.2, -0.15) is 0 Å². The smallest absolute Gasteiger partial charge is 0.264 e. The maximum absolute atomic E-state index is 12.4. The molecule has 3 rings (SSSR count). The molecule has 1 heterocycles. The van der Waals surface area contributed by atoms with Gasteiger partial charge >= 0.3 is 0 Å². The van der Waals surface area contributed by atoms with Crippen LogP contribution < -0.4 is 15.4 Å². The fraction of sp³-hybridized carbons (Fsp3) is 0.429. The first-order chi connectivity index (χ1) is 9.07. The second-order valence-corrected chi connectivity index (χ2v) is 5.24. The highest BCUT2D eigenvalue weighted by molar-refractivity contribution is 6.05. The van der Waals surface area contributed by atoms with Crippen molar-refractivity contribution < 1.29 is 14.3 Å². The van der Waals surface area contributed by atoms with Crippen LogP contribution in [0.4, 0.5) is 5.69 Å². The van der Waals surface area contributed by atoms with Gasteiger partial charge in [-0.15, -0.1) is 0 Å². The SMILES string of the molecule is CN1C(=O)COc2ccc(C(=O)C3(CN)CC3)cc21. The van der Waals surface area contributed by atoms with Crippen LogP contribution in [0.15, 0.2) is 18.2 Å². The Bertz CT molecular complexity index is 564. The zero-order chi connectivity index (χ0) is 13.6. The summed E-state index contributed by atoms with van der Waals surface area (Å²) in [6.45, 7) is 0.428. The Morgan fingerprint density at radius 1 is 1.47 bits per heavy atom. The molecule has 1 aromatic carbocycles. The van der Waals surface area contributed by atoms with Crippen LogP contribution in [0.25, 0.3) is 0 Å². The van der Waals surface area contributed by atoms with E-state index in [9.17, 15) is 9.59 Å². The fourth-order valence-electron chi connectivity index (χ4n) is 2.39. The minimum atomic E-state index is -0.369. The van der Waals surface area contributed by atoms with Gasteiger partial charge in [0.1, 0.15) is 5.75 Å². The van der Waals surface area contributed by atoms with Crippen LogP contribution in [0.3, 0.4) is 0 Å². The van der Waals surface area contributed by atoms with E-state index in [0.29, 0.717) is 23.5 Å². The molecule has 1 aliphatic heterocycles. The standard InChI is InChI=1S/C14H16N2O3/c1-16-10-6-9(13(18)14(8-15)4-5-14)2-3-11(10)19-7-12(16)17/h2-3,6H,4-5,7-8,15H2,1H3. The van der Waals surface area contributed by atoms with Crippen LogP contribution >= 0.6 is 0 Å². The summed E-state index contributed by atoms with van der Waals surface area (Å²) in [6, 6.07) is 5.23. The minimum absolute atomic E-state index is 0.0452. The molecule has 0 bridgehead atoms. The summed E-state index contributed by atoms with van der Waals surface area (Å²) in [5, 5.41) is 0. The van der Waals surface area contributed by atoms with Gasteiger partial charge < -0.3 is 15.4 Å². The average Bonchev–Trinajstić information content (AvgIpc) is 3.23. The van der Waals surface area contributed by atoms with Gasteiger partial charge in [-0.05, 0) is 31.0 Å². The number of ketones is 1. The van der Waals surface area contributed by atoms with E-state index < -0.39 is 0 Å². The highest BCUT2D eigenvalue weighted by atomic mass is 16.5. The maximum atomic E-state index is 12.4. The number of hydrogen-bond donors (Lipinski definition) is 1. The monoisotopic (exact) mass is 260 g/mol. The van der Waals surface area contributed by atoms with Crippen LogP contribution in [0.5, 0.6) is 5.75 Å². The third kappa shape index (κ3) is 1.81. The third-order valence-electron chi connectivity index (χ3n) is 4.03. The number of benzene rings is 1. The molecule has 19 heavy (non-hydrogen) atoms. The normalized spacial score (nSPS) is 19.7. The molecule has 1 fully saturated rings. The molecule has 0 spiro atoms. The van der Waals surface area contributed by atoms with E-state index in [4.69, 9.17) is 10.5 Å². The van der Waals surface area contributed by atoms with Crippen LogP contribution in [0.2, 0.25) is 0 Å². The third-order valence-corrected chi connectivity index (χ3v) is 4.03. The second kappa shape index (κ2) is 4.06. The van der Waals surface area contributed by atoms with Crippen LogP contribution in [0, 0.1) is 5.41 Å². The number of carbonyl (C=O) groups is 2. The Hall–Kier alpha value is -1.88. The molecule has 0 saturated heterocycles. The molecule has 0 atom stereocenters. The van der Waals surface area contributed by atoms with Gasteiger partial charge in [0.05, 0.1) is 5.69 Å². The molecular weight excluding hydrogens is 244 g/mol. The number of ether oxygens (including phenoxy) is 1. The molecule has 1 saturated carbocycles. The first-order valence-corrected chi connectivity index (χ1v) is 6.36. The topological polar surface area (TPSA) is 72.6 Å². The Balaban J connectivity index is 1.97. The number of hydrogen-bond acceptors (Lipinski definition) is 4. The molecule has 1 aliphatic carbocycles. The van der Waals surface area contributed by atoms with Crippen LogP contribution in [0.1, 0.15) is 23.2 Å². The molecule has 1 amide bonds. The van der Waals surface area contributed by atoms with Crippen molar-refractivity contribution in [1.29, 1.82) is 0 Å². The predicted octanol–water partition coefficient (Wildman–Crippen LogP) is 0.963. The molecule has 2 N–H and O–H groups in total. The first-order valence-electron chi connectivity index (χ1n) is 6.36. The summed E-state index contributed by atoms with van der Waals surface area (Å²) in [5.74, 6) is 0.595. The Morgan fingerprint density at radius 3 is 2.84 bits per heavy atom. The van der Waals surface area contributed by atoms with Gasteiger partial charge in [0.25, 0.3) is 5.91 Å².